The number of amides is 1. The molecule has 0 unspecified atom stereocenters. The van der Waals surface area contributed by atoms with Gasteiger partial charge in [0.25, 0.3) is 0 Å². The molecule has 1 fully saturated rings. The molecule has 5 nitrogen and oxygen atoms in total. The summed E-state index contributed by atoms with van der Waals surface area (Å²) < 4.78 is 10.4. The number of benzene rings is 1. The van der Waals surface area contributed by atoms with Gasteiger partial charge in [0.1, 0.15) is 12.4 Å². The SMILES string of the molecule is COCCOc1ccc(NC(=O)C2(N)CCCCC2)cc1Cl. The molecule has 6 heteroatoms. The highest BCUT2D eigenvalue weighted by Gasteiger charge is 2.35. The van der Waals surface area contributed by atoms with E-state index in [0.29, 0.717) is 29.7 Å². The van der Waals surface area contributed by atoms with Gasteiger partial charge in [-0.15, -0.1) is 0 Å². The van der Waals surface area contributed by atoms with Gasteiger partial charge in [-0.1, -0.05) is 30.9 Å². The highest BCUT2D eigenvalue weighted by atomic mass is 35.5. The van der Waals surface area contributed by atoms with Gasteiger partial charge in [-0.25, -0.2) is 0 Å². The third-order valence-corrected chi connectivity index (χ3v) is 4.23. The molecule has 0 aliphatic heterocycles. The highest BCUT2D eigenvalue weighted by molar-refractivity contribution is 6.32. The Morgan fingerprint density at radius 3 is 2.68 bits per heavy atom. The van der Waals surface area contributed by atoms with Crippen LogP contribution in [0.4, 0.5) is 5.69 Å². The quantitative estimate of drug-likeness (QED) is 0.788. The Morgan fingerprint density at radius 2 is 2.05 bits per heavy atom. The Kier molecular flexibility index (Phi) is 6.06. The Bertz CT molecular complexity index is 516. The van der Waals surface area contributed by atoms with E-state index < -0.39 is 5.54 Å². The summed E-state index contributed by atoms with van der Waals surface area (Å²) in [4.78, 5) is 12.4. The second kappa shape index (κ2) is 7.81. The molecule has 0 aromatic heterocycles. The lowest BCUT2D eigenvalue weighted by Gasteiger charge is -2.31. The zero-order chi connectivity index (χ0) is 16.0. The summed E-state index contributed by atoms with van der Waals surface area (Å²) in [6.07, 6.45) is 4.59. The number of hydrogen-bond donors (Lipinski definition) is 2. The van der Waals surface area contributed by atoms with Crippen molar-refractivity contribution in [2.24, 2.45) is 5.73 Å². The van der Waals surface area contributed by atoms with E-state index >= 15 is 0 Å². The van der Waals surface area contributed by atoms with Crippen molar-refractivity contribution < 1.29 is 14.3 Å². The molecule has 0 spiro atoms. The van der Waals surface area contributed by atoms with Crippen LogP contribution in [0.5, 0.6) is 5.75 Å². The van der Waals surface area contributed by atoms with Gasteiger partial charge in [-0.3, -0.25) is 4.79 Å². The number of nitrogens with two attached hydrogens (primary N) is 1. The number of rotatable bonds is 6. The molecule has 0 atom stereocenters. The van der Waals surface area contributed by atoms with E-state index in [4.69, 9.17) is 26.8 Å². The number of hydrogen-bond acceptors (Lipinski definition) is 4. The molecule has 1 saturated carbocycles. The fraction of sp³-hybridized carbons (Fsp3) is 0.562. The van der Waals surface area contributed by atoms with Gasteiger partial charge in [0, 0.05) is 12.8 Å². The second-order valence-electron chi connectivity index (χ2n) is 5.66. The molecule has 1 aromatic carbocycles. The third-order valence-electron chi connectivity index (χ3n) is 3.93. The molecule has 122 valence electrons. The first-order valence-electron chi connectivity index (χ1n) is 7.57. The summed E-state index contributed by atoms with van der Waals surface area (Å²) in [6, 6.07) is 5.17. The van der Waals surface area contributed by atoms with Crippen LogP contribution in [0.1, 0.15) is 32.1 Å². The van der Waals surface area contributed by atoms with Crippen LogP contribution in [0.2, 0.25) is 5.02 Å². The van der Waals surface area contributed by atoms with Crippen LogP contribution in [-0.4, -0.2) is 31.8 Å². The summed E-state index contributed by atoms with van der Waals surface area (Å²) in [6.45, 7) is 0.915. The summed E-state index contributed by atoms with van der Waals surface area (Å²) in [7, 11) is 1.61. The van der Waals surface area contributed by atoms with E-state index in [9.17, 15) is 4.79 Å². The van der Waals surface area contributed by atoms with Crippen molar-refractivity contribution in [3.63, 3.8) is 0 Å². The fourth-order valence-electron chi connectivity index (χ4n) is 2.60. The van der Waals surface area contributed by atoms with Gasteiger partial charge in [0.05, 0.1) is 17.2 Å². The fourth-order valence-corrected chi connectivity index (χ4v) is 2.83. The van der Waals surface area contributed by atoms with Crippen molar-refractivity contribution in [1.82, 2.24) is 0 Å². The maximum Gasteiger partial charge on any atom is 0.244 e. The normalized spacial score (nSPS) is 17.0. The molecule has 2 rings (SSSR count). The number of carbonyl (C=O) groups is 1. The average molecular weight is 327 g/mol. The first-order chi connectivity index (χ1) is 10.5. The van der Waals surface area contributed by atoms with E-state index in [1.165, 1.54) is 0 Å². The number of anilines is 1. The summed E-state index contributed by atoms with van der Waals surface area (Å²) in [5.74, 6) is 0.424. The van der Waals surface area contributed by atoms with E-state index in [0.717, 1.165) is 32.1 Å². The van der Waals surface area contributed by atoms with Gasteiger partial charge < -0.3 is 20.5 Å². The Labute approximate surface area is 136 Å². The molecule has 1 amide bonds. The zero-order valence-electron chi connectivity index (χ0n) is 12.9. The van der Waals surface area contributed by atoms with Gasteiger partial charge in [0.15, 0.2) is 0 Å². The van der Waals surface area contributed by atoms with Crippen molar-refractivity contribution >= 4 is 23.2 Å². The van der Waals surface area contributed by atoms with Crippen LogP contribution >= 0.6 is 11.6 Å². The lowest BCUT2D eigenvalue weighted by atomic mass is 9.82. The van der Waals surface area contributed by atoms with Gasteiger partial charge in [0.2, 0.25) is 5.91 Å². The lowest BCUT2D eigenvalue weighted by molar-refractivity contribution is -0.122. The maximum absolute atomic E-state index is 12.4. The minimum Gasteiger partial charge on any atom is -0.490 e. The van der Waals surface area contributed by atoms with E-state index in [1.54, 1.807) is 25.3 Å². The van der Waals surface area contributed by atoms with Gasteiger partial charge >= 0.3 is 0 Å². The molecule has 0 bridgehead atoms. The number of halogens is 1. The molecule has 3 N–H and O–H groups in total. The molecule has 1 aromatic rings. The molecule has 1 aliphatic carbocycles. The monoisotopic (exact) mass is 326 g/mol. The van der Waals surface area contributed by atoms with Crippen LogP contribution in [0.15, 0.2) is 18.2 Å². The van der Waals surface area contributed by atoms with Crippen molar-refractivity contribution in [3.8, 4) is 5.75 Å². The lowest BCUT2D eigenvalue weighted by Crippen LogP contribution is -2.52. The number of carbonyl (C=O) groups excluding carboxylic acids is 1. The molecular formula is C16H23ClN2O3. The summed E-state index contributed by atoms with van der Waals surface area (Å²) in [5, 5.41) is 3.31. The van der Waals surface area contributed by atoms with Crippen molar-refractivity contribution in [3.05, 3.63) is 23.2 Å². The van der Waals surface area contributed by atoms with Crippen molar-refractivity contribution in [1.29, 1.82) is 0 Å². The second-order valence-corrected chi connectivity index (χ2v) is 6.06. The van der Waals surface area contributed by atoms with Gasteiger partial charge in [-0.2, -0.15) is 0 Å². The van der Waals surface area contributed by atoms with Crippen LogP contribution in [-0.2, 0) is 9.53 Å². The van der Waals surface area contributed by atoms with Crippen molar-refractivity contribution in [2.45, 2.75) is 37.6 Å². The van der Waals surface area contributed by atoms with Crippen LogP contribution < -0.4 is 15.8 Å². The minimum atomic E-state index is -0.766. The van der Waals surface area contributed by atoms with Crippen molar-refractivity contribution in [2.75, 3.05) is 25.6 Å². The maximum atomic E-state index is 12.4. The Hall–Kier alpha value is -1.30. The largest absolute Gasteiger partial charge is 0.490 e. The van der Waals surface area contributed by atoms with Crippen LogP contribution in [0.3, 0.4) is 0 Å². The Balaban J connectivity index is 1.98. The molecule has 0 radical (unpaired) electrons. The molecule has 1 aliphatic rings. The van der Waals surface area contributed by atoms with Crippen LogP contribution in [0, 0.1) is 0 Å². The summed E-state index contributed by atoms with van der Waals surface area (Å²) >= 11 is 6.16. The standard InChI is InChI=1S/C16H23ClN2O3/c1-21-9-10-22-14-6-5-12(11-13(14)17)19-15(20)16(18)7-3-2-4-8-16/h5-6,11H,2-4,7-10,18H2,1H3,(H,19,20). The first kappa shape index (κ1) is 17.1. The van der Waals surface area contributed by atoms with Gasteiger partial charge in [-0.05, 0) is 31.0 Å². The molecule has 22 heavy (non-hydrogen) atoms. The smallest absolute Gasteiger partial charge is 0.244 e. The van der Waals surface area contributed by atoms with E-state index in [1.807, 2.05) is 0 Å². The Morgan fingerprint density at radius 1 is 1.32 bits per heavy atom. The highest BCUT2D eigenvalue weighted by Crippen LogP contribution is 2.30. The predicted molar refractivity (Wildman–Crippen MR) is 87.5 cm³/mol. The number of methoxy groups -OCH3 is 1. The third kappa shape index (κ3) is 4.35. The topological polar surface area (TPSA) is 73.6 Å². The zero-order valence-corrected chi connectivity index (χ0v) is 13.6. The molecular weight excluding hydrogens is 304 g/mol. The number of nitrogens with one attached hydrogen (secondary N) is 1. The average Bonchev–Trinajstić information content (AvgIpc) is 2.50. The predicted octanol–water partition coefficient (Wildman–Crippen LogP) is 2.97. The van der Waals surface area contributed by atoms with E-state index in [-0.39, 0.29) is 5.91 Å². The van der Waals surface area contributed by atoms with Crippen LogP contribution in [0.25, 0.3) is 0 Å². The summed E-state index contributed by atoms with van der Waals surface area (Å²) in [5.41, 5.74) is 6.08. The first-order valence-corrected chi connectivity index (χ1v) is 7.94. The molecule has 0 heterocycles. The number of ether oxygens (including phenoxy) is 2. The molecule has 0 saturated heterocycles. The van der Waals surface area contributed by atoms with E-state index in [2.05, 4.69) is 5.32 Å². The minimum absolute atomic E-state index is 0.142.